The molecular formula is C20H17ClN2O2S. The Bertz CT molecular complexity index is 970. The van der Waals surface area contributed by atoms with Crippen LogP contribution in [0.5, 0.6) is 0 Å². The van der Waals surface area contributed by atoms with Crippen molar-refractivity contribution in [1.29, 1.82) is 0 Å². The second-order valence-electron chi connectivity index (χ2n) is 6.34. The highest BCUT2D eigenvalue weighted by molar-refractivity contribution is 8.00. The van der Waals surface area contributed by atoms with Crippen LogP contribution in [0.25, 0.3) is 11.5 Å². The Balaban J connectivity index is 1.48. The molecule has 0 saturated heterocycles. The SMILES string of the molecule is C[C@@H](Sc1nnc(-c2cccc(Cl)c2)o1)C(=O)c1ccc2c(c1)CCC2. The predicted molar refractivity (Wildman–Crippen MR) is 103 cm³/mol. The van der Waals surface area contributed by atoms with Gasteiger partial charge in [-0.15, -0.1) is 10.2 Å². The molecule has 0 bridgehead atoms. The van der Waals surface area contributed by atoms with Gasteiger partial charge in [0.25, 0.3) is 5.22 Å². The molecule has 4 nitrogen and oxygen atoms in total. The van der Waals surface area contributed by atoms with E-state index in [0.717, 1.165) is 24.0 Å². The van der Waals surface area contributed by atoms with Crippen molar-refractivity contribution in [3.63, 3.8) is 0 Å². The molecule has 3 aromatic rings. The lowest BCUT2D eigenvalue weighted by molar-refractivity contribution is 0.0993. The normalized spacial score (nSPS) is 14.2. The summed E-state index contributed by atoms with van der Waals surface area (Å²) in [5.74, 6) is 0.472. The third-order valence-electron chi connectivity index (χ3n) is 4.51. The number of nitrogens with zero attached hydrogens (tertiary/aromatic N) is 2. The van der Waals surface area contributed by atoms with Crippen LogP contribution >= 0.6 is 23.4 Å². The summed E-state index contributed by atoms with van der Waals surface area (Å²) < 4.78 is 5.69. The number of benzene rings is 2. The summed E-state index contributed by atoms with van der Waals surface area (Å²) in [7, 11) is 0. The molecule has 1 aliphatic rings. The van der Waals surface area contributed by atoms with Crippen LogP contribution in [0.4, 0.5) is 0 Å². The standard InChI is InChI=1S/C20H17ClN2O2S/c1-12(18(24)15-9-8-13-4-2-5-14(13)10-15)26-20-23-22-19(25-20)16-6-3-7-17(21)11-16/h3,6-12H,2,4-5H2,1H3/t12-/m1/s1. The van der Waals surface area contributed by atoms with Gasteiger partial charge in [0.15, 0.2) is 5.78 Å². The molecule has 0 unspecified atom stereocenters. The Hall–Kier alpha value is -2.11. The number of fused-ring (bicyclic) bond motifs is 1. The van der Waals surface area contributed by atoms with Crippen LogP contribution in [0.3, 0.4) is 0 Å². The average Bonchev–Trinajstić information content (AvgIpc) is 3.29. The van der Waals surface area contributed by atoms with Gasteiger partial charge >= 0.3 is 0 Å². The number of Topliss-reactive ketones (excluding diaryl/α,β-unsaturated/α-hetero) is 1. The Morgan fingerprint density at radius 3 is 2.85 bits per heavy atom. The van der Waals surface area contributed by atoms with Crippen LogP contribution in [-0.2, 0) is 12.8 Å². The number of thioether (sulfide) groups is 1. The van der Waals surface area contributed by atoms with E-state index in [9.17, 15) is 4.79 Å². The number of hydrogen-bond donors (Lipinski definition) is 0. The maximum absolute atomic E-state index is 12.7. The van der Waals surface area contributed by atoms with Crippen molar-refractivity contribution in [2.75, 3.05) is 0 Å². The first-order valence-corrected chi connectivity index (χ1v) is 9.78. The van der Waals surface area contributed by atoms with Gasteiger partial charge in [0.1, 0.15) is 0 Å². The summed E-state index contributed by atoms with van der Waals surface area (Å²) in [5.41, 5.74) is 4.17. The molecule has 0 spiro atoms. The fourth-order valence-corrected chi connectivity index (χ4v) is 4.11. The highest BCUT2D eigenvalue weighted by Crippen LogP contribution is 2.30. The largest absolute Gasteiger partial charge is 0.411 e. The van der Waals surface area contributed by atoms with Crippen molar-refractivity contribution in [3.05, 3.63) is 64.2 Å². The van der Waals surface area contributed by atoms with E-state index in [2.05, 4.69) is 16.3 Å². The topological polar surface area (TPSA) is 56.0 Å². The molecular weight excluding hydrogens is 368 g/mol. The minimum atomic E-state index is -0.304. The molecule has 2 aromatic carbocycles. The van der Waals surface area contributed by atoms with Gasteiger partial charge in [0.05, 0.1) is 5.25 Å². The van der Waals surface area contributed by atoms with Gasteiger partial charge in [0.2, 0.25) is 5.89 Å². The number of aromatic nitrogens is 2. The van der Waals surface area contributed by atoms with Crippen LogP contribution in [0, 0.1) is 0 Å². The number of aryl methyl sites for hydroxylation is 2. The summed E-state index contributed by atoms with van der Waals surface area (Å²) in [6, 6.07) is 13.3. The monoisotopic (exact) mass is 384 g/mol. The minimum Gasteiger partial charge on any atom is -0.411 e. The molecule has 4 rings (SSSR count). The minimum absolute atomic E-state index is 0.0761. The molecule has 132 valence electrons. The van der Waals surface area contributed by atoms with Crippen molar-refractivity contribution >= 4 is 29.1 Å². The van der Waals surface area contributed by atoms with E-state index < -0.39 is 0 Å². The summed E-state index contributed by atoms with van der Waals surface area (Å²) in [6.45, 7) is 1.86. The number of carbonyl (C=O) groups is 1. The molecule has 6 heteroatoms. The zero-order chi connectivity index (χ0) is 18.1. The number of rotatable bonds is 5. The van der Waals surface area contributed by atoms with Crippen LogP contribution in [0.2, 0.25) is 5.02 Å². The van der Waals surface area contributed by atoms with Crippen molar-refractivity contribution < 1.29 is 9.21 Å². The van der Waals surface area contributed by atoms with E-state index in [1.807, 2.05) is 31.2 Å². The van der Waals surface area contributed by atoms with Gasteiger partial charge in [-0.25, -0.2) is 0 Å². The summed E-state index contributed by atoms with van der Waals surface area (Å²) >= 11 is 7.27. The highest BCUT2D eigenvalue weighted by Gasteiger charge is 2.22. The molecule has 0 fully saturated rings. The second-order valence-corrected chi connectivity index (χ2v) is 8.07. The lowest BCUT2D eigenvalue weighted by Crippen LogP contribution is -2.13. The lowest BCUT2D eigenvalue weighted by Gasteiger charge is -2.09. The van der Waals surface area contributed by atoms with E-state index in [0.29, 0.717) is 16.1 Å². The zero-order valence-corrected chi connectivity index (χ0v) is 15.8. The van der Waals surface area contributed by atoms with Crippen molar-refractivity contribution in [1.82, 2.24) is 10.2 Å². The average molecular weight is 385 g/mol. The quantitative estimate of drug-likeness (QED) is 0.444. The summed E-state index contributed by atoms with van der Waals surface area (Å²) in [4.78, 5) is 12.7. The molecule has 0 N–H and O–H groups in total. The van der Waals surface area contributed by atoms with Gasteiger partial charge < -0.3 is 4.42 Å². The van der Waals surface area contributed by atoms with Gasteiger partial charge in [-0.1, -0.05) is 41.6 Å². The number of carbonyl (C=O) groups excluding carboxylic acids is 1. The van der Waals surface area contributed by atoms with Crippen LogP contribution in [0.1, 0.15) is 34.8 Å². The predicted octanol–water partition coefficient (Wildman–Crippen LogP) is 5.24. The number of halogens is 1. The highest BCUT2D eigenvalue weighted by atomic mass is 35.5. The molecule has 1 heterocycles. The molecule has 0 saturated carbocycles. The second kappa shape index (κ2) is 7.25. The van der Waals surface area contributed by atoms with E-state index >= 15 is 0 Å². The van der Waals surface area contributed by atoms with Crippen molar-refractivity contribution in [3.8, 4) is 11.5 Å². The first-order valence-electron chi connectivity index (χ1n) is 8.52. The third-order valence-corrected chi connectivity index (χ3v) is 5.68. The van der Waals surface area contributed by atoms with Crippen molar-refractivity contribution in [2.45, 2.75) is 36.7 Å². The fraction of sp³-hybridized carbons (Fsp3) is 0.250. The Morgan fingerprint density at radius 1 is 1.15 bits per heavy atom. The third kappa shape index (κ3) is 3.55. The summed E-state index contributed by atoms with van der Waals surface area (Å²) in [5, 5.41) is 8.78. The number of hydrogen-bond acceptors (Lipinski definition) is 5. The fourth-order valence-electron chi connectivity index (χ4n) is 3.16. The van der Waals surface area contributed by atoms with Gasteiger partial charge in [-0.3, -0.25) is 4.79 Å². The van der Waals surface area contributed by atoms with E-state index in [-0.39, 0.29) is 11.0 Å². The molecule has 0 radical (unpaired) electrons. The van der Waals surface area contributed by atoms with Gasteiger partial charge in [-0.05, 0) is 61.6 Å². The molecule has 26 heavy (non-hydrogen) atoms. The van der Waals surface area contributed by atoms with Crippen LogP contribution in [-0.4, -0.2) is 21.2 Å². The molecule has 1 atom stereocenters. The Kier molecular flexibility index (Phi) is 4.83. The zero-order valence-electron chi connectivity index (χ0n) is 14.2. The van der Waals surface area contributed by atoms with Crippen LogP contribution < -0.4 is 0 Å². The first-order chi connectivity index (χ1) is 12.6. The molecule has 0 aliphatic heterocycles. The van der Waals surface area contributed by atoms with Crippen molar-refractivity contribution in [2.24, 2.45) is 0 Å². The lowest BCUT2D eigenvalue weighted by atomic mass is 10.0. The number of ketones is 1. The van der Waals surface area contributed by atoms with E-state index in [1.54, 1.807) is 12.1 Å². The maximum Gasteiger partial charge on any atom is 0.277 e. The van der Waals surface area contributed by atoms with Crippen LogP contribution in [0.15, 0.2) is 52.1 Å². The smallest absolute Gasteiger partial charge is 0.277 e. The van der Waals surface area contributed by atoms with E-state index in [1.165, 1.54) is 29.3 Å². The molecule has 1 aliphatic carbocycles. The molecule has 1 aromatic heterocycles. The Labute approximate surface area is 161 Å². The first kappa shape index (κ1) is 17.3. The Morgan fingerprint density at radius 2 is 2.00 bits per heavy atom. The van der Waals surface area contributed by atoms with Gasteiger partial charge in [0, 0.05) is 16.1 Å². The van der Waals surface area contributed by atoms with E-state index in [4.69, 9.17) is 16.0 Å². The summed E-state index contributed by atoms with van der Waals surface area (Å²) in [6.07, 6.45) is 3.35. The maximum atomic E-state index is 12.7. The van der Waals surface area contributed by atoms with Gasteiger partial charge in [-0.2, -0.15) is 0 Å². The molecule has 0 amide bonds.